The zero-order valence-electron chi connectivity index (χ0n) is 12.8. The average molecular weight is 308 g/mol. The summed E-state index contributed by atoms with van der Waals surface area (Å²) in [6.45, 7) is 2.58. The summed E-state index contributed by atoms with van der Waals surface area (Å²) in [7, 11) is 0. The van der Waals surface area contributed by atoms with Crippen molar-refractivity contribution in [2.75, 3.05) is 26.4 Å². The zero-order valence-corrected chi connectivity index (χ0v) is 12.8. The Morgan fingerprint density at radius 2 is 2.09 bits per heavy atom. The van der Waals surface area contributed by atoms with Crippen molar-refractivity contribution in [2.45, 2.75) is 50.4 Å². The molecular formula is C16H24N2O4. The number of aliphatic hydroxyl groups is 1. The second kappa shape index (κ2) is 7.97. The molecule has 1 aliphatic heterocycles. The minimum Gasteiger partial charge on any atom is -0.390 e. The van der Waals surface area contributed by atoms with Crippen molar-refractivity contribution in [3.8, 4) is 0 Å². The molecule has 0 amide bonds. The second-order valence-corrected chi connectivity index (χ2v) is 5.94. The summed E-state index contributed by atoms with van der Waals surface area (Å²) in [5.41, 5.74) is 0.692. The van der Waals surface area contributed by atoms with Crippen LogP contribution in [0.3, 0.4) is 0 Å². The third-order valence-electron chi connectivity index (χ3n) is 4.34. The third-order valence-corrected chi connectivity index (χ3v) is 4.34. The molecule has 122 valence electrons. The lowest BCUT2D eigenvalue weighted by Gasteiger charge is -2.30. The van der Waals surface area contributed by atoms with E-state index in [0.29, 0.717) is 44.1 Å². The lowest BCUT2D eigenvalue weighted by molar-refractivity contribution is -0.128. The van der Waals surface area contributed by atoms with E-state index < -0.39 is 0 Å². The predicted octanol–water partition coefficient (Wildman–Crippen LogP) is 1.43. The summed E-state index contributed by atoms with van der Waals surface area (Å²) in [5, 5.41) is 9.16. The van der Waals surface area contributed by atoms with Gasteiger partial charge in [0.15, 0.2) is 0 Å². The van der Waals surface area contributed by atoms with Gasteiger partial charge in [-0.3, -0.25) is 0 Å². The quantitative estimate of drug-likeness (QED) is 0.887. The lowest BCUT2D eigenvalue weighted by Crippen LogP contribution is -2.34. The van der Waals surface area contributed by atoms with Crippen LogP contribution in [-0.4, -0.2) is 53.7 Å². The number of ether oxygens (including phenoxy) is 3. The van der Waals surface area contributed by atoms with E-state index >= 15 is 0 Å². The van der Waals surface area contributed by atoms with Gasteiger partial charge in [0.1, 0.15) is 11.9 Å². The molecular weight excluding hydrogens is 284 g/mol. The largest absolute Gasteiger partial charge is 0.390 e. The number of aliphatic hydroxyl groups excluding tert-OH is 1. The summed E-state index contributed by atoms with van der Waals surface area (Å²) >= 11 is 0. The van der Waals surface area contributed by atoms with Crippen molar-refractivity contribution in [3.63, 3.8) is 0 Å². The smallest absolute Gasteiger partial charge is 0.131 e. The van der Waals surface area contributed by atoms with Crippen LogP contribution >= 0.6 is 0 Å². The highest BCUT2D eigenvalue weighted by atomic mass is 16.6. The van der Waals surface area contributed by atoms with Crippen LogP contribution in [0.5, 0.6) is 0 Å². The Hall–Kier alpha value is -1.08. The van der Waals surface area contributed by atoms with Gasteiger partial charge >= 0.3 is 0 Å². The van der Waals surface area contributed by atoms with E-state index in [1.54, 1.807) is 12.3 Å². The molecule has 1 N–H and O–H groups in total. The molecule has 1 saturated heterocycles. The first-order valence-corrected chi connectivity index (χ1v) is 8.09. The summed E-state index contributed by atoms with van der Waals surface area (Å²) in [6, 6.07) is 1.75. The highest BCUT2D eigenvalue weighted by molar-refractivity contribution is 5.05. The molecule has 6 heteroatoms. The van der Waals surface area contributed by atoms with E-state index in [9.17, 15) is 0 Å². The van der Waals surface area contributed by atoms with Crippen LogP contribution in [0.2, 0.25) is 0 Å². The molecule has 3 rings (SSSR count). The van der Waals surface area contributed by atoms with E-state index in [0.717, 1.165) is 31.5 Å². The van der Waals surface area contributed by atoms with Crippen LogP contribution in [0.25, 0.3) is 0 Å². The van der Waals surface area contributed by atoms with Gasteiger partial charge in [0.05, 0.1) is 44.8 Å². The molecule has 2 aliphatic rings. The Morgan fingerprint density at radius 1 is 1.23 bits per heavy atom. The van der Waals surface area contributed by atoms with E-state index in [4.69, 9.17) is 19.3 Å². The SMILES string of the molecule is OCc1ccnc(C2CCC(OCC3COCCO3)CC2)n1. The van der Waals surface area contributed by atoms with Crippen molar-refractivity contribution in [3.05, 3.63) is 23.8 Å². The first kappa shape index (κ1) is 15.8. The van der Waals surface area contributed by atoms with Crippen molar-refractivity contribution < 1.29 is 19.3 Å². The van der Waals surface area contributed by atoms with Gasteiger partial charge in [-0.15, -0.1) is 0 Å². The van der Waals surface area contributed by atoms with Crippen molar-refractivity contribution in [1.82, 2.24) is 9.97 Å². The molecule has 6 nitrogen and oxygen atoms in total. The van der Waals surface area contributed by atoms with Gasteiger partial charge in [-0.25, -0.2) is 9.97 Å². The first-order valence-electron chi connectivity index (χ1n) is 8.09. The standard InChI is InChI=1S/C16H24N2O4/c19-9-13-5-6-17-16(18-13)12-1-3-14(4-2-12)22-11-15-10-20-7-8-21-15/h5-6,12,14-15,19H,1-4,7-11H2. The fraction of sp³-hybridized carbons (Fsp3) is 0.750. The van der Waals surface area contributed by atoms with E-state index in [-0.39, 0.29) is 12.7 Å². The highest BCUT2D eigenvalue weighted by Crippen LogP contribution is 2.32. The Kier molecular flexibility index (Phi) is 5.72. The minimum atomic E-state index is -0.0303. The molecule has 1 aromatic heterocycles. The van der Waals surface area contributed by atoms with E-state index in [1.807, 2.05) is 0 Å². The number of rotatable bonds is 5. The van der Waals surface area contributed by atoms with Crippen LogP contribution in [0.15, 0.2) is 12.3 Å². The van der Waals surface area contributed by atoms with Crippen LogP contribution in [0, 0.1) is 0 Å². The third kappa shape index (κ3) is 4.23. The van der Waals surface area contributed by atoms with Crippen LogP contribution in [-0.2, 0) is 20.8 Å². The summed E-state index contributed by atoms with van der Waals surface area (Å²) in [6.07, 6.45) is 6.20. The zero-order chi connectivity index (χ0) is 15.2. The average Bonchev–Trinajstić information content (AvgIpc) is 2.61. The molecule has 0 aromatic carbocycles. The Bertz CT molecular complexity index is 457. The van der Waals surface area contributed by atoms with Crippen molar-refractivity contribution in [1.29, 1.82) is 0 Å². The second-order valence-electron chi connectivity index (χ2n) is 5.94. The molecule has 0 spiro atoms. The van der Waals surface area contributed by atoms with Crippen LogP contribution in [0.1, 0.15) is 43.1 Å². The van der Waals surface area contributed by atoms with E-state index in [1.165, 1.54) is 0 Å². The normalized spacial score (nSPS) is 29.4. The molecule has 22 heavy (non-hydrogen) atoms. The monoisotopic (exact) mass is 308 g/mol. The van der Waals surface area contributed by atoms with E-state index in [2.05, 4.69) is 9.97 Å². The molecule has 2 heterocycles. The van der Waals surface area contributed by atoms with Gasteiger partial charge in [-0.2, -0.15) is 0 Å². The lowest BCUT2D eigenvalue weighted by atomic mass is 9.86. The maximum absolute atomic E-state index is 9.16. The highest BCUT2D eigenvalue weighted by Gasteiger charge is 2.26. The number of aromatic nitrogens is 2. The topological polar surface area (TPSA) is 73.7 Å². The van der Waals surface area contributed by atoms with Gasteiger partial charge in [0.25, 0.3) is 0 Å². The number of hydrogen-bond donors (Lipinski definition) is 1. The van der Waals surface area contributed by atoms with Gasteiger partial charge in [0.2, 0.25) is 0 Å². The summed E-state index contributed by atoms with van der Waals surface area (Å²) in [4.78, 5) is 8.78. The molecule has 0 radical (unpaired) electrons. The molecule has 1 aromatic rings. The van der Waals surface area contributed by atoms with Crippen molar-refractivity contribution >= 4 is 0 Å². The Morgan fingerprint density at radius 3 is 2.82 bits per heavy atom. The molecule has 1 atom stereocenters. The molecule has 1 saturated carbocycles. The number of nitrogens with zero attached hydrogens (tertiary/aromatic N) is 2. The number of hydrogen-bond acceptors (Lipinski definition) is 6. The maximum Gasteiger partial charge on any atom is 0.131 e. The van der Waals surface area contributed by atoms with Gasteiger partial charge < -0.3 is 19.3 Å². The van der Waals surface area contributed by atoms with Gasteiger partial charge in [-0.05, 0) is 31.7 Å². The molecule has 1 aliphatic carbocycles. The van der Waals surface area contributed by atoms with Gasteiger partial charge in [-0.1, -0.05) is 0 Å². The fourth-order valence-electron chi connectivity index (χ4n) is 3.06. The maximum atomic E-state index is 9.16. The van der Waals surface area contributed by atoms with Crippen molar-refractivity contribution in [2.24, 2.45) is 0 Å². The molecule has 0 bridgehead atoms. The summed E-state index contributed by atoms with van der Waals surface area (Å²) in [5.74, 6) is 1.23. The molecule has 1 unspecified atom stereocenters. The predicted molar refractivity (Wildman–Crippen MR) is 79.5 cm³/mol. The Balaban J connectivity index is 1.43. The first-order chi connectivity index (χ1) is 10.8. The fourth-order valence-corrected chi connectivity index (χ4v) is 3.06. The molecule has 2 fully saturated rings. The summed E-state index contributed by atoms with van der Waals surface area (Å²) < 4.78 is 16.9. The van der Waals surface area contributed by atoms with Gasteiger partial charge in [0, 0.05) is 12.1 Å². The minimum absolute atomic E-state index is 0.0303. The van der Waals surface area contributed by atoms with Crippen LogP contribution < -0.4 is 0 Å². The Labute approximate surface area is 130 Å². The van der Waals surface area contributed by atoms with Crippen LogP contribution in [0.4, 0.5) is 0 Å².